The third kappa shape index (κ3) is 11.2. The van der Waals surface area contributed by atoms with Gasteiger partial charge in [0.25, 0.3) is 0 Å². The maximum Gasteiger partial charge on any atom is 0.322 e. The van der Waals surface area contributed by atoms with E-state index in [2.05, 4.69) is 19.2 Å². The molecule has 1 atom stereocenters. The Morgan fingerprint density at radius 3 is 2.15 bits per heavy atom. The van der Waals surface area contributed by atoms with Gasteiger partial charge < -0.3 is 24.3 Å². The fourth-order valence-corrected chi connectivity index (χ4v) is 1.65. The zero-order valence-corrected chi connectivity index (χ0v) is 13.1. The van der Waals surface area contributed by atoms with Crippen LogP contribution in [0.1, 0.15) is 20.3 Å². The molecule has 0 saturated heterocycles. The van der Waals surface area contributed by atoms with Crippen LogP contribution in [0.5, 0.6) is 0 Å². The molecule has 0 bridgehead atoms. The number of nitrogens with one attached hydrogen (secondary N) is 1. The summed E-state index contributed by atoms with van der Waals surface area (Å²) in [7, 11) is 3.05. The molecule has 0 heterocycles. The first kappa shape index (κ1) is 19.3. The lowest BCUT2D eigenvalue weighted by Gasteiger charge is -2.18. The second-order valence-corrected chi connectivity index (χ2v) is 4.88. The molecule has 0 spiro atoms. The summed E-state index contributed by atoms with van der Waals surface area (Å²) < 4.78 is 20.3. The molecule has 1 unspecified atom stereocenters. The van der Waals surface area contributed by atoms with Crippen molar-refractivity contribution in [3.63, 3.8) is 0 Å². The normalized spacial score (nSPS) is 12.7. The SMILES string of the molecule is COCCOCCOCCNC(CC(C)C)C(=O)OC. The summed E-state index contributed by atoms with van der Waals surface area (Å²) in [5, 5.41) is 3.15. The molecule has 20 heavy (non-hydrogen) atoms. The van der Waals surface area contributed by atoms with Crippen molar-refractivity contribution >= 4 is 5.97 Å². The Morgan fingerprint density at radius 1 is 1.00 bits per heavy atom. The standard InChI is InChI=1S/C14H29NO5/c1-12(2)11-13(14(16)18-4)15-5-6-19-9-10-20-8-7-17-3/h12-13,15H,5-11H2,1-4H3. The van der Waals surface area contributed by atoms with Crippen LogP contribution >= 0.6 is 0 Å². The second kappa shape index (κ2) is 13.3. The lowest BCUT2D eigenvalue weighted by molar-refractivity contribution is -0.143. The van der Waals surface area contributed by atoms with Crippen LogP contribution in [-0.4, -0.2) is 65.8 Å². The molecule has 0 aliphatic carbocycles. The highest BCUT2D eigenvalue weighted by Crippen LogP contribution is 2.05. The van der Waals surface area contributed by atoms with Crippen molar-refractivity contribution in [1.82, 2.24) is 5.32 Å². The molecule has 6 heteroatoms. The molecule has 0 fully saturated rings. The number of esters is 1. The molecule has 1 N–H and O–H groups in total. The Morgan fingerprint density at radius 2 is 1.60 bits per heavy atom. The zero-order chi connectivity index (χ0) is 15.2. The average molecular weight is 291 g/mol. The summed E-state index contributed by atoms with van der Waals surface area (Å²) in [6.07, 6.45) is 0.757. The summed E-state index contributed by atoms with van der Waals surface area (Å²) in [6.45, 7) is 7.57. The van der Waals surface area contributed by atoms with Gasteiger partial charge in [-0.05, 0) is 12.3 Å². The van der Waals surface area contributed by atoms with E-state index in [0.717, 1.165) is 6.42 Å². The highest BCUT2D eigenvalue weighted by atomic mass is 16.5. The lowest BCUT2D eigenvalue weighted by Crippen LogP contribution is -2.40. The van der Waals surface area contributed by atoms with Crippen molar-refractivity contribution in [2.24, 2.45) is 5.92 Å². The van der Waals surface area contributed by atoms with E-state index < -0.39 is 0 Å². The van der Waals surface area contributed by atoms with E-state index in [1.807, 2.05) is 0 Å². The van der Waals surface area contributed by atoms with E-state index in [-0.39, 0.29) is 12.0 Å². The van der Waals surface area contributed by atoms with Crippen LogP contribution in [-0.2, 0) is 23.7 Å². The van der Waals surface area contributed by atoms with E-state index in [1.54, 1.807) is 7.11 Å². The molecule has 0 amide bonds. The van der Waals surface area contributed by atoms with Gasteiger partial charge in [-0.25, -0.2) is 0 Å². The Labute approximate surface area is 122 Å². The van der Waals surface area contributed by atoms with E-state index in [0.29, 0.717) is 45.5 Å². The minimum absolute atomic E-state index is 0.221. The lowest BCUT2D eigenvalue weighted by atomic mass is 10.0. The number of methoxy groups -OCH3 is 2. The van der Waals surface area contributed by atoms with Crippen LogP contribution in [0.15, 0.2) is 0 Å². The van der Waals surface area contributed by atoms with Crippen molar-refractivity contribution in [3.05, 3.63) is 0 Å². The number of rotatable bonds is 13. The van der Waals surface area contributed by atoms with Crippen LogP contribution in [0.2, 0.25) is 0 Å². The summed E-state index contributed by atoms with van der Waals surface area (Å²) in [5.41, 5.74) is 0. The first-order valence-corrected chi connectivity index (χ1v) is 7.07. The van der Waals surface area contributed by atoms with Crippen molar-refractivity contribution in [2.45, 2.75) is 26.3 Å². The van der Waals surface area contributed by atoms with Gasteiger partial charge in [0.2, 0.25) is 0 Å². The molecule has 0 aliphatic rings. The third-order valence-electron chi connectivity index (χ3n) is 2.63. The molecular weight excluding hydrogens is 262 g/mol. The molecule has 0 aromatic carbocycles. The summed E-state index contributed by atoms with van der Waals surface area (Å²) >= 11 is 0. The van der Waals surface area contributed by atoms with Gasteiger partial charge in [0.1, 0.15) is 6.04 Å². The van der Waals surface area contributed by atoms with Gasteiger partial charge in [-0.1, -0.05) is 13.8 Å². The van der Waals surface area contributed by atoms with Gasteiger partial charge >= 0.3 is 5.97 Å². The molecule has 0 radical (unpaired) electrons. The molecule has 0 rings (SSSR count). The number of carbonyl (C=O) groups is 1. The predicted molar refractivity (Wildman–Crippen MR) is 76.8 cm³/mol. The van der Waals surface area contributed by atoms with E-state index in [9.17, 15) is 4.79 Å². The predicted octanol–water partition coefficient (Wildman–Crippen LogP) is 0.843. The van der Waals surface area contributed by atoms with Crippen LogP contribution < -0.4 is 5.32 Å². The first-order chi connectivity index (χ1) is 9.61. The maximum absolute atomic E-state index is 11.6. The minimum atomic E-state index is -0.262. The Bertz CT molecular complexity index is 236. The Kier molecular flexibility index (Phi) is 12.8. The summed E-state index contributed by atoms with van der Waals surface area (Å²) in [5.74, 6) is 0.211. The molecule has 0 aliphatic heterocycles. The van der Waals surface area contributed by atoms with Crippen molar-refractivity contribution in [1.29, 1.82) is 0 Å². The Hall–Kier alpha value is -0.690. The van der Waals surface area contributed by atoms with Gasteiger partial charge in [0.05, 0.1) is 40.1 Å². The highest BCUT2D eigenvalue weighted by molar-refractivity contribution is 5.75. The number of hydrogen-bond donors (Lipinski definition) is 1. The third-order valence-corrected chi connectivity index (χ3v) is 2.63. The molecule has 0 aromatic rings. The van der Waals surface area contributed by atoms with Gasteiger partial charge in [-0.3, -0.25) is 4.79 Å². The summed E-state index contributed by atoms with van der Waals surface area (Å²) in [4.78, 5) is 11.6. The van der Waals surface area contributed by atoms with Crippen molar-refractivity contribution < 1.29 is 23.7 Å². The smallest absolute Gasteiger partial charge is 0.322 e. The minimum Gasteiger partial charge on any atom is -0.468 e. The fraction of sp³-hybridized carbons (Fsp3) is 0.929. The first-order valence-electron chi connectivity index (χ1n) is 7.07. The molecule has 120 valence electrons. The van der Waals surface area contributed by atoms with Gasteiger partial charge in [-0.15, -0.1) is 0 Å². The van der Waals surface area contributed by atoms with Gasteiger partial charge in [-0.2, -0.15) is 0 Å². The highest BCUT2D eigenvalue weighted by Gasteiger charge is 2.19. The second-order valence-electron chi connectivity index (χ2n) is 4.88. The van der Waals surface area contributed by atoms with Crippen LogP contribution in [0, 0.1) is 5.92 Å². The molecular formula is C14H29NO5. The summed E-state index contributed by atoms with van der Waals surface area (Å²) in [6, 6.07) is -0.262. The van der Waals surface area contributed by atoms with Crippen molar-refractivity contribution in [3.8, 4) is 0 Å². The fourth-order valence-electron chi connectivity index (χ4n) is 1.65. The number of ether oxygens (including phenoxy) is 4. The van der Waals surface area contributed by atoms with E-state index in [4.69, 9.17) is 18.9 Å². The van der Waals surface area contributed by atoms with Crippen LogP contribution in [0.4, 0.5) is 0 Å². The topological polar surface area (TPSA) is 66.0 Å². The number of hydrogen-bond acceptors (Lipinski definition) is 6. The largest absolute Gasteiger partial charge is 0.468 e. The number of carbonyl (C=O) groups excluding carboxylic acids is 1. The average Bonchev–Trinajstić information content (AvgIpc) is 2.43. The van der Waals surface area contributed by atoms with E-state index >= 15 is 0 Å². The van der Waals surface area contributed by atoms with Crippen LogP contribution in [0.25, 0.3) is 0 Å². The van der Waals surface area contributed by atoms with Gasteiger partial charge in [0, 0.05) is 13.7 Å². The quantitative estimate of drug-likeness (QED) is 0.401. The van der Waals surface area contributed by atoms with Crippen molar-refractivity contribution in [2.75, 3.05) is 53.8 Å². The van der Waals surface area contributed by atoms with Gasteiger partial charge in [0.15, 0.2) is 0 Å². The van der Waals surface area contributed by atoms with Crippen LogP contribution in [0.3, 0.4) is 0 Å². The molecule has 6 nitrogen and oxygen atoms in total. The zero-order valence-electron chi connectivity index (χ0n) is 13.1. The molecule has 0 aromatic heterocycles. The Balaban J connectivity index is 3.56. The van der Waals surface area contributed by atoms with E-state index in [1.165, 1.54) is 7.11 Å². The monoisotopic (exact) mass is 291 g/mol. The maximum atomic E-state index is 11.6. The molecule has 0 saturated carbocycles.